The van der Waals surface area contributed by atoms with Crippen LogP contribution in [0.4, 0.5) is 0 Å². The standard InChI is InChI=1S/C29H33NO3S/c1-5-23-10-12-24(13-11-23)14-15-28(31)27-18-25-8-6-7-9-26(25)19-30(27)34(32,33)29-21(3)16-20(2)17-22(29)4/h6-13,16-17,27H,5,14-15,18-19H2,1-4H3. The van der Waals surface area contributed by atoms with Gasteiger partial charge in [0, 0.05) is 13.0 Å². The van der Waals surface area contributed by atoms with Crippen LogP contribution in [-0.4, -0.2) is 24.5 Å². The second kappa shape index (κ2) is 9.85. The maximum Gasteiger partial charge on any atom is 0.244 e. The first kappa shape index (κ1) is 24.4. The number of aryl methyl sites for hydroxylation is 5. The van der Waals surface area contributed by atoms with Gasteiger partial charge in [0.25, 0.3) is 0 Å². The number of ketones is 1. The third kappa shape index (κ3) is 4.86. The Balaban J connectivity index is 1.66. The van der Waals surface area contributed by atoms with Gasteiger partial charge in [0.2, 0.25) is 10.0 Å². The Kier molecular flexibility index (Phi) is 7.06. The molecule has 1 heterocycles. The molecule has 0 fully saturated rings. The van der Waals surface area contributed by atoms with Gasteiger partial charge in [-0.25, -0.2) is 8.42 Å². The number of benzene rings is 3. The van der Waals surface area contributed by atoms with Crippen LogP contribution in [-0.2, 0) is 40.6 Å². The maximum atomic E-state index is 14.0. The minimum atomic E-state index is -3.86. The summed E-state index contributed by atoms with van der Waals surface area (Å²) in [6.07, 6.45) is 2.31. The predicted octanol–water partition coefficient (Wildman–Crippen LogP) is 5.49. The van der Waals surface area contributed by atoms with Crippen molar-refractivity contribution in [3.8, 4) is 0 Å². The molecular formula is C29H33NO3S. The molecule has 0 radical (unpaired) electrons. The summed E-state index contributed by atoms with van der Waals surface area (Å²) < 4.78 is 29.4. The molecule has 34 heavy (non-hydrogen) atoms. The highest BCUT2D eigenvalue weighted by Crippen LogP contribution is 2.33. The van der Waals surface area contributed by atoms with Crippen LogP contribution >= 0.6 is 0 Å². The highest BCUT2D eigenvalue weighted by molar-refractivity contribution is 7.89. The van der Waals surface area contributed by atoms with Crippen LogP contribution in [0.15, 0.2) is 65.6 Å². The maximum absolute atomic E-state index is 14.0. The van der Waals surface area contributed by atoms with Gasteiger partial charge >= 0.3 is 0 Å². The summed E-state index contributed by atoms with van der Waals surface area (Å²) in [6, 6.07) is 19.3. The summed E-state index contributed by atoms with van der Waals surface area (Å²) in [5, 5.41) is 0. The summed E-state index contributed by atoms with van der Waals surface area (Å²) in [5.74, 6) is -0.0277. The Labute approximate surface area is 203 Å². The fourth-order valence-corrected chi connectivity index (χ4v) is 7.10. The molecule has 0 aliphatic carbocycles. The first-order valence-electron chi connectivity index (χ1n) is 12.0. The predicted molar refractivity (Wildman–Crippen MR) is 136 cm³/mol. The number of Topliss-reactive ketones (excluding diaryl/α,β-unsaturated/α-hetero) is 1. The highest BCUT2D eigenvalue weighted by atomic mass is 32.2. The number of hydrogen-bond donors (Lipinski definition) is 0. The Morgan fingerprint density at radius 1 is 0.912 bits per heavy atom. The van der Waals surface area contributed by atoms with Crippen molar-refractivity contribution >= 4 is 15.8 Å². The summed E-state index contributed by atoms with van der Waals surface area (Å²) in [7, 11) is -3.86. The largest absolute Gasteiger partial charge is 0.298 e. The van der Waals surface area contributed by atoms with Gasteiger partial charge in [-0.1, -0.05) is 73.2 Å². The molecule has 4 nitrogen and oxygen atoms in total. The van der Waals surface area contributed by atoms with Crippen molar-refractivity contribution in [1.29, 1.82) is 0 Å². The molecule has 1 aliphatic heterocycles. The van der Waals surface area contributed by atoms with Gasteiger partial charge in [0.05, 0.1) is 10.9 Å². The molecule has 0 aromatic heterocycles. The molecule has 3 aromatic rings. The second-order valence-corrected chi connectivity index (χ2v) is 11.2. The van der Waals surface area contributed by atoms with Crippen molar-refractivity contribution < 1.29 is 13.2 Å². The molecule has 1 atom stereocenters. The van der Waals surface area contributed by atoms with Gasteiger partial charge in [0.1, 0.15) is 0 Å². The fourth-order valence-electron chi connectivity index (χ4n) is 5.09. The first-order valence-corrected chi connectivity index (χ1v) is 13.4. The summed E-state index contributed by atoms with van der Waals surface area (Å²) in [6.45, 7) is 7.97. The number of carbonyl (C=O) groups excluding carboxylic acids is 1. The molecule has 0 amide bonds. The van der Waals surface area contributed by atoms with E-state index in [1.807, 2.05) is 57.2 Å². The Bertz CT molecular complexity index is 1290. The topological polar surface area (TPSA) is 54.5 Å². The molecule has 0 saturated carbocycles. The van der Waals surface area contributed by atoms with Gasteiger partial charge in [-0.05, 0) is 73.4 Å². The Hall–Kier alpha value is -2.76. The summed E-state index contributed by atoms with van der Waals surface area (Å²) >= 11 is 0. The van der Waals surface area contributed by atoms with E-state index in [2.05, 4.69) is 31.2 Å². The van der Waals surface area contributed by atoms with E-state index in [0.717, 1.165) is 39.8 Å². The van der Waals surface area contributed by atoms with E-state index < -0.39 is 16.1 Å². The van der Waals surface area contributed by atoms with Crippen molar-refractivity contribution in [1.82, 2.24) is 4.31 Å². The lowest BCUT2D eigenvalue weighted by Crippen LogP contribution is -2.48. The molecule has 1 unspecified atom stereocenters. The van der Waals surface area contributed by atoms with E-state index in [1.165, 1.54) is 9.87 Å². The van der Waals surface area contributed by atoms with Crippen LogP contribution in [0.5, 0.6) is 0 Å². The molecule has 0 N–H and O–H groups in total. The van der Waals surface area contributed by atoms with E-state index in [-0.39, 0.29) is 12.3 Å². The van der Waals surface area contributed by atoms with Crippen molar-refractivity contribution in [3.05, 3.63) is 99.6 Å². The lowest BCUT2D eigenvalue weighted by atomic mass is 9.91. The van der Waals surface area contributed by atoms with E-state index >= 15 is 0 Å². The average molecular weight is 476 g/mol. The number of carbonyl (C=O) groups is 1. The van der Waals surface area contributed by atoms with Gasteiger partial charge in [0.15, 0.2) is 5.78 Å². The van der Waals surface area contributed by atoms with Gasteiger partial charge < -0.3 is 0 Å². The molecule has 4 rings (SSSR count). The van der Waals surface area contributed by atoms with Gasteiger partial charge in [-0.2, -0.15) is 4.31 Å². The smallest absolute Gasteiger partial charge is 0.244 e. The first-order chi connectivity index (χ1) is 16.2. The molecule has 5 heteroatoms. The van der Waals surface area contributed by atoms with Gasteiger partial charge in [-0.3, -0.25) is 4.79 Å². The number of sulfonamides is 1. The zero-order chi connectivity index (χ0) is 24.5. The summed E-state index contributed by atoms with van der Waals surface area (Å²) in [4.78, 5) is 13.8. The lowest BCUT2D eigenvalue weighted by molar-refractivity contribution is -0.123. The van der Waals surface area contributed by atoms with Crippen LogP contribution in [0.2, 0.25) is 0 Å². The van der Waals surface area contributed by atoms with Crippen molar-refractivity contribution in [2.24, 2.45) is 0 Å². The number of hydrogen-bond acceptors (Lipinski definition) is 3. The zero-order valence-corrected chi connectivity index (χ0v) is 21.3. The van der Waals surface area contributed by atoms with Crippen molar-refractivity contribution in [2.45, 2.75) is 70.9 Å². The number of fused-ring (bicyclic) bond motifs is 1. The molecule has 0 saturated heterocycles. The molecule has 0 spiro atoms. The molecular weight excluding hydrogens is 442 g/mol. The fraction of sp³-hybridized carbons (Fsp3) is 0.345. The second-order valence-electron chi connectivity index (χ2n) is 9.40. The quantitative estimate of drug-likeness (QED) is 0.454. The van der Waals surface area contributed by atoms with E-state index in [4.69, 9.17) is 0 Å². The van der Waals surface area contributed by atoms with Crippen LogP contribution in [0.1, 0.15) is 52.3 Å². The monoisotopic (exact) mass is 475 g/mol. The summed E-state index contributed by atoms with van der Waals surface area (Å²) in [5.41, 5.74) is 6.85. The van der Waals surface area contributed by atoms with Crippen LogP contribution in [0.3, 0.4) is 0 Å². The van der Waals surface area contributed by atoms with Crippen LogP contribution in [0.25, 0.3) is 0 Å². The Morgan fingerprint density at radius 3 is 2.12 bits per heavy atom. The molecule has 1 aliphatic rings. The number of nitrogens with zero attached hydrogens (tertiary/aromatic N) is 1. The van der Waals surface area contributed by atoms with Crippen molar-refractivity contribution in [3.63, 3.8) is 0 Å². The zero-order valence-electron chi connectivity index (χ0n) is 20.5. The van der Waals surface area contributed by atoms with E-state index in [0.29, 0.717) is 24.2 Å². The van der Waals surface area contributed by atoms with Gasteiger partial charge in [-0.15, -0.1) is 0 Å². The lowest BCUT2D eigenvalue weighted by Gasteiger charge is -2.36. The molecule has 178 valence electrons. The SMILES string of the molecule is CCc1ccc(CCC(=O)C2Cc3ccccc3CN2S(=O)(=O)c2c(C)cc(C)cc2C)cc1. The van der Waals surface area contributed by atoms with E-state index in [1.54, 1.807) is 0 Å². The van der Waals surface area contributed by atoms with Crippen LogP contribution < -0.4 is 0 Å². The number of rotatable bonds is 7. The molecule has 0 bridgehead atoms. The Morgan fingerprint density at radius 2 is 1.50 bits per heavy atom. The van der Waals surface area contributed by atoms with Crippen LogP contribution in [0, 0.1) is 20.8 Å². The van der Waals surface area contributed by atoms with Crippen molar-refractivity contribution in [2.75, 3.05) is 0 Å². The minimum Gasteiger partial charge on any atom is -0.298 e. The normalized spacial score (nSPS) is 16.3. The molecule has 3 aromatic carbocycles. The minimum absolute atomic E-state index is 0.0277. The third-order valence-corrected chi connectivity index (χ3v) is 9.00. The highest BCUT2D eigenvalue weighted by Gasteiger charge is 2.40. The van der Waals surface area contributed by atoms with E-state index in [9.17, 15) is 13.2 Å². The average Bonchev–Trinajstić information content (AvgIpc) is 2.81. The third-order valence-electron chi connectivity index (χ3n) is 6.84.